The van der Waals surface area contributed by atoms with Crippen LogP contribution in [0.1, 0.15) is 13.3 Å². The number of hydrogen-bond acceptors (Lipinski definition) is 2. The number of nitrogens with two attached hydrogens (primary N) is 1. The van der Waals surface area contributed by atoms with Gasteiger partial charge in [-0.05, 0) is 12.3 Å². The zero-order chi connectivity index (χ0) is 6.85. The highest BCUT2D eigenvalue weighted by molar-refractivity contribution is 7.85. The van der Waals surface area contributed by atoms with E-state index >= 15 is 0 Å². The molecule has 0 bridgehead atoms. The Kier molecular flexibility index (Phi) is 2.24. The molecule has 9 heavy (non-hydrogen) atoms. The Labute approximate surface area is 58.3 Å². The first-order chi connectivity index (χ1) is 4.20. The maximum Gasteiger partial charge on any atom is 0.0389 e. The van der Waals surface area contributed by atoms with Crippen LogP contribution < -0.4 is 5.73 Å². The topological polar surface area (TPSA) is 43.1 Å². The first-order valence-electron chi connectivity index (χ1n) is 3.30. The smallest absolute Gasteiger partial charge is 0.0389 e. The lowest BCUT2D eigenvalue weighted by Gasteiger charge is -2.24. The molecule has 2 nitrogen and oxygen atoms in total. The summed E-state index contributed by atoms with van der Waals surface area (Å²) in [6.07, 6.45) is 1.04. The SMILES string of the molecule is CC1CCS(=O)CC1N. The zero-order valence-corrected chi connectivity index (χ0v) is 6.49. The van der Waals surface area contributed by atoms with Gasteiger partial charge in [0.1, 0.15) is 0 Å². The third-order valence-electron chi connectivity index (χ3n) is 1.91. The highest BCUT2D eigenvalue weighted by atomic mass is 32.2. The molecular weight excluding hydrogens is 134 g/mol. The van der Waals surface area contributed by atoms with Crippen LogP contribution in [0.25, 0.3) is 0 Å². The molecule has 1 aliphatic heterocycles. The lowest BCUT2D eigenvalue weighted by Crippen LogP contribution is -2.39. The Bertz CT molecular complexity index is 126. The van der Waals surface area contributed by atoms with Gasteiger partial charge < -0.3 is 5.73 Å². The van der Waals surface area contributed by atoms with Gasteiger partial charge in [-0.15, -0.1) is 0 Å². The van der Waals surface area contributed by atoms with Crippen molar-refractivity contribution in [2.45, 2.75) is 19.4 Å². The van der Waals surface area contributed by atoms with Gasteiger partial charge in [0.05, 0.1) is 0 Å². The van der Waals surface area contributed by atoms with Gasteiger partial charge in [-0.1, -0.05) is 6.92 Å². The van der Waals surface area contributed by atoms with Crippen LogP contribution in [0, 0.1) is 5.92 Å². The van der Waals surface area contributed by atoms with E-state index in [2.05, 4.69) is 6.92 Å². The molecule has 54 valence electrons. The van der Waals surface area contributed by atoms with Gasteiger partial charge in [0.15, 0.2) is 0 Å². The van der Waals surface area contributed by atoms with Crippen molar-refractivity contribution in [1.29, 1.82) is 0 Å². The standard InChI is InChI=1S/C6H13NOS/c1-5-2-3-9(8)4-6(5)7/h5-6H,2-4,7H2,1H3. The molecule has 0 amide bonds. The fourth-order valence-corrected chi connectivity index (χ4v) is 2.55. The van der Waals surface area contributed by atoms with E-state index in [9.17, 15) is 4.21 Å². The van der Waals surface area contributed by atoms with Gasteiger partial charge in [-0.3, -0.25) is 4.21 Å². The highest BCUT2D eigenvalue weighted by Crippen LogP contribution is 2.13. The molecule has 2 N–H and O–H groups in total. The molecule has 1 fully saturated rings. The molecule has 1 heterocycles. The Hall–Kier alpha value is 0.110. The van der Waals surface area contributed by atoms with Crippen LogP contribution >= 0.6 is 0 Å². The van der Waals surface area contributed by atoms with Crippen LogP contribution in [0.4, 0.5) is 0 Å². The van der Waals surface area contributed by atoms with Crippen molar-refractivity contribution in [3.05, 3.63) is 0 Å². The molecule has 3 atom stereocenters. The van der Waals surface area contributed by atoms with Crippen LogP contribution in [0.3, 0.4) is 0 Å². The second-order valence-electron chi connectivity index (χ2n) is 2.74. The lowest BCUT2D eigenvalue weighted by molar-refractivity contribution is 0.458. The summed E-state index contributed by atoms with van der Waals surface area (Å²) in [5.74, 6) is 2.14. The van der Waals surface area contributed by atoms with E-state index in [0.717, 1.165) is 12.2 Å². The molecular formula is C6H13NOS. The Balaban J connectivity index is 2.44. The molecule has 0 aliphatic carbocycles. The quantitative estimate of drug-likeness (QED) is 0.528. The van der Waals surface area contributed by atoms with E-state index in [4.69, 9.17) is 5.73 Å². The summed E-state index contributed by atoms with van der Waals surface area (Å²) in [4.78, 5) is 0. The molecule has 0 aromatic carbocycles. The Morgan fingerprint density at radius 1 is 1.67 bits per heavy atom. The van der Waals surface area contributed by atoms with Crippen LogP contribution in [0.5, 0.6) is 0 Å². The van der Waals surface area contributed by atoms with Gasteiger partial charge >= 0.3 is 0 Å². The predicted octanol–water partition coefficient (Wildman–Crippen LogP) is 0.102. The highest BCUT2D eigenvalue weighted by Gasteiger charge is 2.21. The molecule has 3 unspecified atom stereocenters. The van der Waals surface area contributed by atoms with Crippen molar-refractivity contribution in [2.75, 3.05) is 11.5 Å². The summed E-state index contributed by atoms with van der Waals surface area (Å²) in [6.45, 7) is 2.13. The maximum absolute atomic E-state index is 10.9. The predicted molar refractivity (Wildman–Crippen MR) is 39.6 cm³/mol. The van der Waals surface area contributed by atoms with E-state index in [1.54, 1.807) is 0 Å². The fourth-order valence-electron chi connectivity index (χ4n) is 0.994. The zero-order valence-electron chi connectivity index (χ0n) is 5.67. The molecule has 0 aromatic rings. The van der Waals surface area contributed by atoms with Crippen molar-refractivity contribution in [2.24, 2.45) is 11.7 Å². The van der Waals surface area contributed by atoms with Gasteiger partial charge in [-0.2, -0.15) is 0 Å². The van der Waals surface area contributed by atoms with Crippen LogP contribution in [-0.4, -0.2) is 21.8 Å². The van der Waals surface area contributed by atoms with E-state index < -0.39 is 10.8 Å². The molecule has 0 radical (unpaired) electrons. The molecule has 1 rings (SSSR count). The Morgan fingerprint density at radius 3 is 2.78 bits per heavy atom. The average Bonchev–Trinajstić information content (AvgIpc) is 1.80. The molecule has 0 spiro atoms. The Morgan fingerprint density at radius 2 is 2.33 bits per heavy atom. The van der Waals surface area contributed by atoms with Gasteiger partial charge in [0, 0.05) is 28.3 Å². The normalized spacial score (nSPS) is 44.9. The second-order valence-corrected chi connectivity index (χ2v) is 4.36. The minimum atomic E-state index is -0.616. The summed E-state index contributed by atoms with van der Waals surface area (Å²) in [7, 11) is -0.616. The maximum atomic E-state index is 10.9. The summed E-state index contributed by atoms with van der Waals surface area (Å²) in [5, 5.41) is 0. The van der Waals surface area contributed by atoms with Crippen LogP contribution in [0.15, 0.2) is 0 Å². The monoisotopic (exact) mass is 147 g/mol. The van der Waals surface area contributed by atoms with Crippen LogP contribution in [0.2, 0.25) is 0 Å². The summed E-state index contributed by atoms with van der Waals surface area (Å²) in [6, 6.07) is 0.180. The summed E-state index contributed by atoms with van der Waals surface area (Å²) in [5.41, 5.74) is 5.68. The summed E-state index contributed by atoms with van der Waals surface area (Å²) >= 11 is 0. The molecule has 0 saturated carbocycles. The minimum absolute atomic E-state index is 0.180. The first-order valence-corrected chi connectivity index (χ1v) is 4.79. The van der Waals surface area contributed by atoms with E-state index in [-0.39, 0.29) is 6.04 Å². The average molecular weight is 147 g/mol. The molecule has 1 aliphatic rings. The largest absolute Gasteiger partial charge is 0.327 e. The third kappa shape index (κ3) is 1.76. The molecule has 1 saturated heterocycles. The van der Waals surface area contributed by atoms with Crippen molar-refractivity contribution in [3.8, 4) is 0 Å². The van der Waals surface area contributed by atoms with Gasteiger partial charge in [0.2, 0.25) is 0 Å². The lowest BCUT2D eigenvalue weighted by atomic mass is 10.0. The van der Waals surface area contributed by atoms with E-state index in [1.165, 1.54) is 0 Å². The van der Waals surface area contributed by atoms with Crippen molar-refractivity contribution in [3.63, 3.8) is 0 Å². The van der Waals surface area contributed by atoms with Gasteiger partial charge in [-0.25, -0.2) is 0 Å². The number of rotatable bonds is 0. The van der Waals surface area contributed by atoms with E-state index in [1.807, 2.05) is 0 Å². The summed E-state index contributed by atoms with van der Waals surface area (Å²) < 4.78 is 10.9. The van der Waals surface area contributed by atoms with Gasteiger partial charge in [0.25, 0.3) is 0 Å². The number of hydrogen-bond donors (Lipinski definition) is 1. The van der Waals surface area contributed by atoms with E-state index in [0.29, 0.717) is 11.7 Å². The third-order valence-corrected chi connectivity index (χ3v) is 3.36. The molecule has 0 aromatic heterocycles. The van der Waals surface area contributed by atoms with Crippen molar-refractivity contribution in [1.82, 2.24) is 0 Å². The second kappa shape index (κ2) is 2.80. The minimum Gasteiger partial charge on any atom is -0.327 e. The van der Waals surface area contributed by atoms with Crippen molar-refractivity contribution < 1.29 is 4.21 Å². The fraction of sp³-hybridized carbons (Fsp3) is 1.00. The molecule has 3 heteroatoms. The first kappa shape index (κ1) is 7.22. The van der Waals surface area contributed by atoms with Crippen LogP contribution in [-0.2, 0) is 10.8 Å². The van der Waals surface area contributed by atoms with Crippen molar-refractivity contribution >= 4 is 10.8 Å².